The standard InChI is InChI=1S/C9H10N6O/c10-8(14-12)7-9(11)15(16)6-4-2-1-3-5(6)13-7/h1-4,11,16H,12H2,(H2,10,14). The number of hydrazone groups is 1. The van der Waals surface area contributed by atoms with Crippen LogP contribution >= 0.6 is 0 Å². The summed E-state index contributed by atoms with van der Waals surface area (Å²) in [4.78, 5) is 4.10. The van der Waals surface area contributed by atoms with Gasteiger partial charge in [-0.3, -0.25) is 5.41 Å². The highest BCUT2D eigenvalue weighted by Crippen LogP contribution is 2.07. The summed E-state index contributed by atoms with van der Waals surface area (Å²) in [5.74, 6) is 4.92. The molecule has 0 fully saturated rings. The summed E-state index contributed by atoms with van der Waals surface area (Å²) < 4.78 is 0.690. The highest BCUT2D eigenvalue weighted by molar-refractivity contribution is 5.96. The summed E-state index contributed by atoms with van der Waals surface area (Å²) in [5.41, 5.74) is 6.18. The molecule has 7 heteroatoms. The Labute approximate surface area is 90.1 Å². The molecule has 0 aliphatic carbocycles. The molecule has 2 rings (SSSR count). The molecular weight excluding hydrogens is 208 g/mol. The average molecular weight is 218 g/mol. The highest BCUT2D eigenvalue weighted by Gasteiger charge is 2.10. The topological polar surface area (TPSA) is 126 Å². The fraction of sp³-hybridized carbons (Fsp3) is 0. The maximum Gasteiger partial charge on any atom is 0.191 e. The molecule has 0 aliphatic rings. The molecule has 1 aromatic heterocycles. The van der Waals surface area contributed by atoms with E-state index < -0.39 is 0 Å². The Morgan fingerprint density at radius 2 is 2.12 bits per heavy atom. The first-order valence-corrected chi connectivity index (χ1v) is 4.44. The number of rotatable bonds is 1. The second kappa shape index (κ2) is 3.54. The van der Waals surface area contributed by atoms with Crippen LogP contribution in [0.1, 0.15) is 5.69 Å². The smallest absolute Gasteiger partial charge is 0.191 e. The second-order valence-electron chi connectivity index (χ2n) is 3.12. The van der Waals surface area contributed by atoms with Crippen LogP contribution in [0.25, 0.3) is 11.0 Å². The number of hydrogen-bond acceptors (Lipinski definition) is 5. The molecule has 0 bridgehead atoms. The third kappa shape index (κ3) is 1.34. The van der Waals surface area contributed by atoms with Gasteiger partial charge in [0.1, 0.15) is 5.52 Å². The van der Waals surface area contributed by atoms with Crippen LogP contribution in [0.4, 0.5) is 0 Å². The molecule has 0 unspecified atom stereocenters. The quantitative estimate of drug-likeness (QED) is 0.166. The molecule has 0 amide bonds. The van der Waals surface area contributed by atoms with E-state index in [4.69, 9.17) is 17.0 Å². The van der Waals surface area contributed by atoms with Crippen molar-refractivity contribution in [2.24, 2.45) is 16.7 Å². The van der Waals surface area contributed by atoms with Gasteiger partial charge in [0.25, 0.3) is 0 Å². The lowest BCUT2D eigenvalue weighted by Gasteiger charge is -2.06. The number of nitrogens with two attached hydrogens (primary N) is 2. The highest BCUT2D eigenvalue weighted by atomic mass is 16.5. The van der Waals surface area contributed by atoms with Gasteiger partial charge in [-0.1, -0.05) is 12.1 Å². The molecule has 0 saturated heterocycles. The first-order valence-electron chi connectivity index (χ1n) is 4.44. The molecule has 6 N–H and O–H groups in total. The van der Waals surface area contributed by atoms with Crippen LogP contribution in [-0.2, 0) is 0 Å². The molecule has 0 spiro atoms. The Bertz CT molecular complexity index is 629. The first kappa shape index (κ1) is 9.97. The summed E-state index contributed by atoms with van der Waals surface area (Å²) in [7, 11) is 0. The number of hydrogen-bond donors (Lipinski definition) is 4. The molecular formula is C9H10N6O. The molecule has 0 aliphatic heterocycles. The van der Waals surface area contributed by atoms with E-state index in [2.05, 4.69) is 10.1 Å². The molecule has 16 heavy (non-hydrogen) atoms. The fourth-order valence-corrected chi connectivity index (χ4v) is 1.37. The van der Waals surface area contributed by atoms with Crippen LogP contribution in [0.2, 0.25) is 0 Å². The van der Waals surface area contributed by atoms with Crippen LogP contribution in [0.5, 0.6) is 0 Å². The maximum absolute atomic E-state index is 9.72. The van der Waals surface area contributed by atoms with E-state index >= 15 is 0 Å². The summed E-state index contributed by atoms with van der Waals surface area (Å²) in [6, 6.07) is 6.82. The summed E-state index contributed by atoms with van der Waals surface area (Å²) in [6.07, 6.45) is 0. The lowest BCUT2D eigenvalue weighted by atomic mass is 10.3. The number of aromatic nitrogens is 2. The van der Waals surface area contributed by atoms with Crippen LogP contribution in [0.3, 0.4) is 0 Å². The minimum atomic E-state index is -0.259. The zero-order chi connectivity index (χ0) is 11.7. The SMILES string of the molecule is N=c1c(/C(N)=N\N)nc2ccccc2n1O. The average Bonchev–Trinajstić information content (AvgIpc) is 2.33. The van der Waals surface area contributed by atoms with Crippen molar-refractivity contribution in [3.63, 3.8) is 0 Å². The van der Waals surface area contributed by atoms with E-state index in [1.54, 1.807) is 24.3 Å². The Morgan fingerprint density at radius 1 is 1.44 bits per heavy atom. The number of fused-ring (bicyclic) bond motifs is 1. The van der Waals surface area contributed by atoms with Gasteiger partial charge < -0.3 is 16.8 Å². The van der Waals surface area contributed by atoms with Gasteiger partial charge >= 0.3 is 0 Å². The van der Waals surface area contributed by atoms with Gasteiger partial charge in [-0.25, -0.2) is 4.98 Å². The van der Waals surface area contributed by atoms with Crippen LogP contribution in [0.15, 0.2) is 29.4 Å². The third-order valence-corrected chi connectivity index (χ3v) is 2.16. The van der Waals surface area contributed by atoms with Crippen molar-refractivity contribution >= 4 is 16.9 Å². The summed E-state index contributed by atoms with van der Waals surface area (Å²) >= 11 is 0. The van der Waals surface area contributed by atoms with Crippen molar-refractivity contribution in [1.82, 2.24) is 9.71 Å². The van der Waals surface area contributed by atoms with E-state index in [1.807, 2.05) is 0 Å². The monoisotopic (exact) mass is 218 g/mol. The van der Waals surface area contributed by atoms with Crippen molar-refractivity contribution in [1.29, 1.82) is 5.41 Å². The van der Waals surface area contributed by atoms with Crippen LogP contribution in [0, 0.1) is 5.41 Å². The molecule has 82 valence electrons. The van der Waals surface area contributed by atoms with E-state index in [1.165, 1.54) is 0 Å². The molecule has 0 radical (unpaired) electrons. The molecule has 0 saturated carbocycles. The summed E-state index contributed by atoms with van der Waals surface area (Å²) in [5, 5.41) is 20.6. The Kier molecular flexibility index (Phi) is 2.20. The van der Waals surface area contributed by atoms with E-state index in [0.29, 0.717) is 15.8 Å². The van der Waals surface area contributed by atoms with Gasteiger partial charge in [-0.2, -0.15) is 9.83 Å². The predicted molar refractivity (Wildman–Crippen MR) is 57.7 cm³/mol. The second-order valence-corrected chi connectivity index (χ2v) is 3.12. The lowest BCUT2D eigenvalue weighted by molar-refractivity contribution is 0.183. The third-order valence-electron chi connectivity index (χ3n) is 2.16. The maximum atomic E-state index is 9.72. The minimum absolute atomic E-state index is 0.0451. The van der Waals surface area contributed by atoms with E-state index in [0.717, 1.165) is 0 Å². The zero-order valence-electron chi connectivity index (χ0n) is 8.25. The van der Waals surface area contributed by atoms with Gasteiger partial charge in [0.15, 0.2) is 17.0 Å². The lowest BCUT2D eigenvalue weighted by Crippen LogP contribution is -2.32. The van der Waals surface area contributed by atoms with Gasteiger partial charge in [0, 0.05) is 0 Å². The number of benzene rings is 1. The largest absolute Gasteiger partial charge is 0.426 e. The van der Waals surface area contributed by atoms with Crippen molar-refractivity contribution in [3.8, 4) is 0 Å². The number of nitrogens with zero attached hydrogens (tertiary/aromatic N) is 3. The molecule has 7 nitrogen and oxygen atoms in total. The van der Waals surface area contributed by atoms with Crippen molar-refractivity contribution in [3.05, 3.63) is 35.4 Å². The fourth-order valence-electron chi connectivity index (χ4n) is 1.37. The minimum Gasteiger partial charge on any atom is -0.426 e. The van der Waals surface area contributed by atoms with Gasteiger partial charge in [0.2, 0.25) is 0 Å². The van der Waals surface area contributed by atoms with Gasteiger partial charge in [-0.15, -0.1) is 0 Å². The Balaban J connectivity index is 2.90. The van der Waals surface area contributed by atoms with Crippen LogP contribution in [-0.4, -0.2) is 20.8 Å². The van der Waals surface area contributed by atoms with Crippen molar-refractivity contribution in [2.45, 2.75) is 0 Å². The molecule has 1 heterocycles. The molecule has 0 atom stereocenters. The van der Waals surface area contributed by atoms with Gasteiger partial charge in [0.05, 0.1) is 5.52 Å². The number of nitrogens with one attached hydrogen (secondary N) is 1. The molecule has 1 aromatic carbocycles. The van der Waals surface area contributed by atoms with Gasteiger partial charge in [-0.05, 0) is 12.1 Å². The van der Waals surface area contributed by atoms with E-state index in [-0.39, 0.29) is 17.0 Å². The summed E-state index contributed by atoms with van der Waals surface area (Å²) in [6.45, 7) is 0. The van der Waals surface area contributed by atoms with E-state index in [9.17, 15) is 5.21 Å². The number of para-hydroxylation sites is 2. The Hall–Kier alpha value is -2.57. The first-order chi connectivity index (χ1) is 7.65. The van der Waals surface area contributed by atoms with Crippen molar-refractivity contribution in [2.75, 3.05) is 0 Å². The Morgan fingerprint density at radius 3 is 2.81 bits per heavy atom. The van der Waals surface area contributed by atoms with Crippen molar-refractivity contribution < 1.29 is 5.21 Å². The van der Waals surface area contributed by atoms with Crippen LogP contribution < -0.4 is 17.1 Å². The molecule has 2 aromatic rings. The zero-order valence-corrected chi connectivity index (χ0v) is 8.25. The predicted octanol–water partition coefficient (Wildman–Crippen LogP) is -0.668. The normalized spacial score (nSPS) is 11.9. The number of amidine groups is 1.